The first-order valence-electron chi connectivity index (χ1n) is 5.96. The van der Waals surface area contributed by atoms with Gasteiger partial charge in [-0.3, -0.25) is 19.7 Å². The van der Waals surface area contributed by atoms with Crippen LogP contribution in [-0.4, -0.2) is 26.7 Å². The molecule has 21 heavy (non-hydrogen) atoms. The van der Waals surface area contributed by atoms with E-state index in [1.54, 1.807) is 13.8 Å². The van der Waals surface area contributed by atoms with Crippen molar-refractivity contribution >= 4 is 29.9 Å². The third-order valence-electron chi connectivity index (χ3n) is 2.30. The smallest absolute Gasteiger partial charge is 0.359 e. The second kappa shape index (κ2) is 7.08. The summed E-state index contributed by atoms with van der Waals surface area (Å²) in [6.45, 7) is 3.90. The Labute approximate surface area is 119 Å². The highest BCUT2D eigenvalue weighted by Crippen LogP contribution is 2.17. The molecule has 0 radical (unpaired) electrons. The maximum atomic E-state index is 12.2. The third-order valence-corrected chi connectivity index (χ3v) is 2.30. The van der Waals surface area contributed by atoms with Crippen molar-refractivity contribution in [2.75, 3.05) is 0 Å². The predicted molar refractivity (Wildman–Crippen MR) is 75.5 cm³/mol. The van der Waals surface area contributed by atoms with Gasteiger partial charge >= 0.3 is 17.2 Å². The minimum atomic E-state index is -0.940. The van der Waals surface area contributed by atoms with Gasteiger partial charge in [0.15, 0.2) is 12.4 Å². The fourth-order valence-corrected chi connectivity index (χ4v) is 1.48. The Hall–Kier alpha value is -2.84. The molecule has 0 aliphatic carbocycles. The zero-order valence-corrected chi connectivity index (χ0v) is 11.8. The first kappa shape index (κ1) is 16.2. The van der Waals surface area contributed by atoms with Crippen molar-refractivity contribution in [3.63, 3.8) is 0 Å². The van der Waals surface area contributed by atoms with Crippen LogP contribution >= 0.6 is 0 Å². The normalized spacial score (nSPS) is 11.2. The molecule has 0 spiro atoms. The van der Waals surface area contributed by atoms with E-state index in [1.807, 2.05) is 0 Å². The predicted octanol–water partition coefficient (Wildman–Crippen LogP) is 1.43. The van der Waals surface area contributed by atoms with Crippen molar-refractivity contribution in [1.29, 1.82) is 0 Å². The van der Waals surface area contributed by atoms with E-state index < -0.39 is 28.9 Å². The average Bonchev–Trinajstić information content (AvgIpc) is 2.37. The number of hydrogen-bond donors (Lipinski definition) is 0. The first-order valence-corrected chi connectivity index (χ1v) is 5.96. The maximum absolute atomic E-state index is 12.2. The third kappa shape index (κ3) is 3.81. The molecule has 0 bridgehead atoms. The van der Waals surface area contributed by atoms with Crippen LogP contribution in [0.15, 0.2) is 15.9 Å². The van der Waals surface area contributed by atoms with Crippen LogP contribution in [0.3, 0.4) is 0 Å². The monoisotopic (exact) mass is 294 g/mol. The number of carbonyl (C=O) groups is 1. The lowest BCUT2D eigenvalue weighted by atomic mass is 10.3. The summed E-state index contributed by atoms with van der Waals surface area (Å²) in [7, 11) is 0. The SMILES string of the molecule is CC=Nc1nc(/C=C/C)c([N+](=O)[O-])c(=O)n1COC(C)=O. The Balaban J connectivity index is 3.60. The highest BCUT2D eigenvalue weighted by Gasteiger charge is 2.24. The number of nitrogens with zero attached hydrogens (tertiary/aromatic N) is 4. The molecular weight excluding hydrogens is 280 g/mol. The molecule has 1 rings (SSSR count). The van der Waals surface area contributed by atoms with E-state index in [1.165, 1.54) is 18.4 Å². The molecule has 1 heterocycles. The van der Waals surface area contributed by atoms with Crippen LogP contribution in [0, 0.1) is 10.1 Å². The summed E-state index contributed by atoms with van der Waals surface area (Å²) < 4.78 is 5.53. The highest BCUT2D eigenvalue weighted by atomic mass is 16.6. The van der Waals surface area contributed by atoms with Gasteiger partial charge in [-0.25, -0.2) is 14.5 Å². The van der Waals surface area contributed by atoms with Crippen LogP contribution in [0.25, 0.3) is 6.08 Å². The molecule has 0 aliphatic rings. The Bertz CT molecular complexity index is 675. The average molecular weight is 294 g/mol. The summed E-state index contributed by atoms with van der Waals surface area (Å²) in [6.07, 6.45) is 4.23. The van der Waals surface area contributed by atoms with Gasteiger partial charge in [0.05, 0.1) is 4.92 Å². The maximum Gasteiger partial charge on any atom is 0.359 e. The molecule has 0 atom stereocenters. The molecule has 0 saturated heterocycles. The second-order valence-corrected chi connectivity index (χ2v) is 3.79. The van der Waals surface area contributed by atoms with Gasteiger partial charge in [-0.15, -0.1) is 0 Å². The minimum absolute atomic E-state index is 0.0811. The molecule has 0 aromatic carbocycles. The molecule has 0 saturated carbocycles. The first-order chi connectivity index (χ1) is 9.92. The number of aliphatic imine (C=N–C) groups is 1. The fraction of sp³-hybridized carbons (Fsp3) is 0.333. The van der Waals surface area contributed by atoms with Gasteiger partial charge in [-0.2, -0.15) is 0 Å². The Morgan fingerprint density at radius 2 is 2.19 bits per heavy atom. The molecule has 0 unspecified atom stereocenters. The van der Waals surface area contributed by atoms with E-state index in [2.05, 4.69) is 9.98 Å². The molecule has 0 amide bonds. The van der Waals surface area contributed by atoms with Crippen LogP contribution in [0.5, 0.6) is 0 Å². The van der Waals surface area contributed by atoms with Gasteiger partial charge in [-0.05, 0) is 19.9 Å². The van der Waals surface area contributed by atoms with Crippen molar-refractivity contribution < 1.29 is 14.5 Å². The number of esters is 1. The summed E-state index contributed by atoms with van der Waals surface area (Å²) in [6, 6.07) is 0. The summed E-state index contributed by atoms with van der Waals surface area (Å²) >= 11 is 0. The zero-order chi connectivity index (χ0) is 16.0. The molecular formula is C12H14N4O5. The fourth-order valence-electron chi connectivity index (χ4n) is 1.48. The van der Waals surface area contributed by atoms with Crippen molar-refractivity contribution in [2.24, 2.45) is 4.99 Å². The van der Waals surface area contributed by atoms with Crippen LogP contribution in [-0.2, 0) is 16.3 Å². The minimum Gasteiger partial charge on any atom is -0.444 e. The largest absolute Gasteiger partial charge is 0.444 e. The number of carbonyl (C=O) groups excluding carboxylic acids is 1. The van der Waals surface area contributed by atoms with Crippen LogP contribution < -0.4 is 5.56 Å². The Morgan fingerprint density at radius 3 is 2.67 bits per heavy atom. The number of rotatable bonds is 5. The van der Waals surface area contributed by atoms with E-state index in [0.717, 1.165) is 11.5 Å². The van der Waals surface area contributed by atoms with Crippen LogP contribution in [0.2, 0.25) is 0 Å². The number of hydrogen-bond acceptors (Lipinski definition) is 7. The molecule has 9 heteroatoms. The molecule has 0 aliphatic heterocycles. The molecule has 1 aromatic rings. The number of nitro groups is 1. The molecule has 0 fully saturated rings. The van der Waals surface area contributed by atoms with E-state index >= 15 is 0 Å². The van der Waals surface area contributed by atoms with Gasteiger partial charge in [0.25, 0.3) is 0 Å². The quantitative estimate of drug-likeness (QED) is 0.351. The number of ether oxygens (including phenoxy) is 1. The van der Waals surface area contributed by atoms with Crippen LogP contribution in [0.4, 0.5) is 11.6 Å². The van der Waals surface area contributed by atoms with E-state index in [-0.39, 0.29) is 11.6 Å². The van der Waals surface area contributed by atoms with E-state index in [9.17, 15) is 19.7 Å². The van der Waals surface area contributed by atoms with Crippen LogP contribution in [0.1, 0.15) is 26.5 Å². The zero-order valence-electron chi connectivity index (χ0n) is 11.8. The highest BCUT2D eigenvalue weighted by molar-refractivity contribution is 5.66. The van der Waals surface area contributed by atoms with Crippen molar-refractivity contribution in [2.45, 2.75) is 27.5 Å². The number of allylic oxidation sites excluding steroid dienone is 1. The summed E-state index contributed by atoms with van der Waals surface area (Å²) in [5.41, 5.74) is -1.74. The van der Waals surface area contributed by atoms with E-state index in [0.29, 0.717) is 0 Å². The summed E-state index contributed by atoms with van der Waals surface area (Å²) in [4.78, 5) is 41.1. The van der Waals surface area contributed by atoms with Crippen molar-refractivity contribution in [3.05, 3.63) is 32.2 Å². The van der Waals surface area contributed by atoms with E-state index in [4.69, 9.17) is 4.74 Å². The Morgan fingerprint density at radius 1 is 1.52 bits per heavy atom. The molecule has 0 N–H and O–H groups in total. The summed E-state index contributed by atoms with van der Waals surface area (Å²) in [5, 5.41) is 11.0. The lowest BCUT2D eigenvalue weighted by Crippen LogP contribution is -2.26. The topological polar surface area (TPSA) is 117 Å². The lowest BCUT2D eigenvalue weighted by molar-refractivity contribution is -0.387. The van der Waals surface area contributed by atoms with Crippen molar-refractivity contribution in [1.82, 2.24) is 9.55 Å². The Kier molecular flexibility index (Phi) is 5.47. The van der Waals surface area contributed by atoms with Gasteiger partial charge in [0.2, 0.25) is 5.95 Å². The van der Waals surface area contributed by atoms with Gasteiger partial charge in [0.1, 0.15) is 0 Å². The van der Waals surface area contributed by atoms with Gasteiger partial charge in [-0.1, -0.05) is 6.08 Å². The van der Waals surface area contributed by atoms with Gasteiger partial charge < -0.3 is 4.74 Å². The second-order valence-electron chi connectivity index (χ2n) is 3.79. The molecule has 112 valence electrons. The van der Waals surface area contributed by atoms with Gasteiger partial charge in [0, 0.05) is 13.1 Å². The number of aromatic nitrogens is 2. The summed E-state index contributed by atoms with van der Waals surface area (Å²) in [5.74, 6) is -0.712. The molecule has 1 aromatic heterocycles. The standard InChI is InChI=1S/C12H14N4O5/c1-4-6-9-10(16(19)20)11(18)15(7-21-8(3)17)12(14-9)13-5-2/h4-6H,7H2,1-3H3/b6-4+,13-5?. The lowest BCUT2D eigenvalue weighted by Gasteiger charge is -2.09. The molecule has 9 nitrogen and oxygen atoms in total. The van der Waals surface area contributed by atoms with Crippen molar-refractivity contribution in [3.8, 4) is 0 Å².